The molecule has 2 fully saturated rings. The summed E-state index contributed by atoms with van der Waals surface area (Å²) in [7, 11) is 1.65. The number of ether oxygens (including phenoxy) is 1. The average Bonchev–Trinajstić information content (AvgIpc) is 2.82. The summed E-state index contributed by atoms with van der Waals surface area (Å²) in [5, 5.41) is 3.62. The van der Waals surface area contributed by atoms with E-state index in [1.54, 1.807) is 12.0 Å². The quantitative estimate of drug-likeness (QED) is 0.336. The summed E-state index contributed by atoms with van der Waals surface area (Å²) in [4.78, 5) is 14.6. The van der Waals surface area contributed by atoms with Gasteiger partial charge < -0.3 is 10.1 Å². The van der Waals surface area contributed by atoms with Crippen LogP contribution >= 0.6 is 57.4 Å². The Kier molecular flexibility index (Phi) is 6.02. The van der Waals surface area contributed by atoms with Gasteiger partial charge in [0.25, 0.3) is 5.91 Å². The number of rotatable bonds is 3. The molecule has 128 valence electrons. The van der Waals surface area contributed by atoms with Gasteiger partial charge in [-0.1, -0.05) is 19.3 Å². The molecule has 1 amide bonds. The van der Waals surface area contributed by atoms with E-state index < -0.39 is 0 Å². The number of hydrogen-bond acceptors (Lipinski definition) is 3. The fraction of sp³-hybridized carbons (Fsp3) is 0.412. The fourth-order valence-electron chi connectivity index (χ4n) is 3.28. The van der Waals surface area contributed by atoms with Crippen LogP contribution in [0.15, 0.2) is 17.8 Å². The first-order valence-corrected chi connectivity index (χ1v) is 10.5. The molecule has 1 saturated heterocycles. The van der Waals surface area contributed by atoms with E-state index in [1.807, 2.05) is 18.2 Å². The standard InChI is InChI=1S/C17H18I2N2O2S/c1-23-15-10(7-11(18)9-13(15)19)8-14-16(22)21(17(24)20-14)12-5-3-2-4-6-12/h7-9,12H,2-6H2,1H3,(H,20,24)/b14-8+. The highest BCUT2D eigenvalue weighted by Gasteiger charge is 2.36. The minimum absolute atomic E-state index is 0.0252. The smallest absolute Gasteiger partial charge is 0.276 e. The van der Waals surface area contributed by atoms with Crippen molar-refractivity contribution >= 4 is 74.5 Å². The Labute approximate surface area is 174 Å². The van der Waals surface area contributed by atoms with E-state index in [0.717, 1.165) is 31.3 Å². The summed E-state index contributed by atoms with van der Waals surface area (Å²) in [6.45, 7) is 0. The third-order valence-electron chi connectivity index (χ3n) is 4.39. The van der Waals surface area contributed by atoms with Crippen LogP contribution in [0.2, 0.25) is 0 Å². The van der Waals surface area contributed by atoms with Crippen molar-refractivity contribution < 1.29 is 9.53 Å². The van der Waals surface area contributed by atoms with E-state index in [1.165, 1.54) is 19.3 Å². The third kappa shape index (κ3) is 3.72. The molecule has 1 aliphatic carbocycles. The van der Waals surface area contributed by atoms with Gasteiger partial charge >= 0.3 is 0 Å². The molecule has 7 heteroatoms. The summed E-state index contributed by atoms with van der Waals surface area (Å²) < 4.78 is 7.62. The number of nitrogens with one attached hydrogen (secondary N) is 1. The van der Waals surface area contributed by atoms with Crippen molar-refractivity contribution in [3.05, 3.63) is 30.5 Å². The third-order valence-corrected chi connectivity index (χ3v) is 6.11. The lowest BCUT2D eigenvalue weighted by Gasteiger charge is -2.29. The predicted molar refractivity (Wildman–Crippen MR) is 116 cm³/mol. The molecule has 0 aromatic heterocycles. The SMILES string of the molecule is COc1c(I)cc(I)cc1/C=C1/NC(=S)N(C2CCCCC2)C1=O. The van der Waals surface area contributed by atoms with Crippen molar-refractivity contribution in [2.24, 2.45) is 0 Å². The minimum atomic E-state index is -0.0252. The molecular formula is C17H18I2N2O2S. The highest BCUT2D eigenvalue weighted by molar-refractivity contribution is 14.1. The van der Waals surface area contributed by atoms with E-state index in [-0.39, 0.29) is 11.9 Å². The topological polar surface area (TPSA) is 41.6 Å². The van der Waals surface area contributed by atoms with Gasteiger partial charge in [0, 0.05) is 15.2 Å². The molecule has 24 heavy (non-hydrogen) atoms. The molecule has 1 heterocycles. The van der Waals surface area contributed by atoms with Gasteiger partial charge in [-0.05, 0) is 88.5 Å². The number of hydrogen-bond donors (Lipinski definition) is 1. The van der Waals surface area contributed by atoms with Crippen molar-refractivity contribution in [1.29, 1.82) is 0 Å². The van der Waals surface area contributed by atoms with Gasteiger partial charge in [-0.15, -0.1) is 0 Å². The largest absolute Gasteiger partial charge is 0.495 e. The Balaban J connectivity index is 1.92. The predicted octanol–water partition coefficient (Wildman–Crippen LogP) is 4.29. The summed E-state index contributed by atoms with van der Waals surface area (Å²) in [5.74, 6) is 0.753. The van der Waals surface area contributed by atoms with Crippen molar-refractivity contribution in [3.8, 4) is 5.75 Å². The molecule has 0 radical (unpaired) electrons. The zero-order valence-electron chi connectivity index (χ0n) is 13.3. The molecule has 1 aromatic carbocycles. The Morgan fingerprint density at radius 3 is 2.67 bits per heavy atom. The first kappa shape index (κ1) is 18.4. The molecule has 0 bridgehead atoms. The lowest BCUT2D eigenvalue weighted by Crippen LogP contribution is -2.41. The van der Waals surface area contributed by atoms with Gasteiger partial charge in [0.2, 0.25) is 0 Å². The van der Waals surface area contributed by atoms with Crippen molar-refractivity contribution in [1.82, 2.24) is 10.2 Å². The molecule has 1 aliphatic heterocycles. The van der Waals surface area contributed by atoms with Gasteiger partial charge in [0.15, 0.2) is 5.11 Å². The Hall–Kier alpha value is -0.420. The highest BCUT2D eigenvalue weighted by Crippen LogP contribution is 2.31. The zero-order valence-corrected chi connectivity index (χ0v) is 18.4. The second kappa shape index (κ2) is 7.86. The second-order valence-electron chi connectivity index (χ2n) is 5.97. The van der Waals surface area contributed by atoms with Crippen LogP contribution < -0.4 is 10.1 Å². The number of thiocarbonyl (C=S) groups is 1. The Bertz CT molecular complexity index is 715. The lowest BCUT2D eigenvalue weighted by atomic mass is 9.94. The summed E-state index contributed by atoms with van der Waals surface area (Å²) in [5.41, 5.74) is 1.42. The molecule has 3 rings (SSSR count). The molecule has 4 nitrogen and oxygen atoms in total. The van der Waals surface area contributed by atoms with Crippen LogP contribution in [0, 0.1) is 7.14 Å². The fourth-order valence-corrected chi connectivity index (χ4v) is 5.73. The van der Waals surface area contributed by atoms with Gasteiger partial charge in [0.05, 0.1) is 10.7 Å². The molecule has 0 unspecified atom stereocenters. The van der Waals surface area contributed by atoms with Crippen LogP contribution in [-0.4, -0.2) is 29.1 Å². The maximum Gasteiger partial charge on any atom is 0.276 e. The van der Waals surface area contributed by atoms with Crippen molar-refractivity contribution in [2.75, 3.05) is 7.11 Å². The van der Waals surface area contributed by atoms with Gasteiger partial charge in [0.1, 0.15) is 11.4 Å². The first-order chi connectivity index (χ1) is 11.5. The van der Waals surface area contributed by atoms with E-state index in [0.29, 0.717) is 10.8 Å². The number of methoxy groups -OCH3 is 1. The Morgan fingerprint density at radius 2 is 2.00 bits per heavy atom. The molecular weight excluding hydrogens is 550 g/mol. The maximum atomic E-state index is 12.9. The number of carbonyl (C=O) groups excluding carboxylic acids is 1. The molecule has 0 spiro atoms. The zero-order chi connectivity index (χ0) is 17.3. The van der Waals surface area contributed by atoms with Crippen LogP contribution in [0.3, 0.4) is 0 Å². The average molecular weight is 568 g/mol. The maximum absolute atomic E-state index is 12.9. The van der Waals surface area contributed by atoms with Crippen molar-refractivity contribution in [2.45, 2.75) is 38.1 Å². The number of halogens is 2. The van der Waals surface area contributed by atoms with E-state index in [4.69, 9.17) is 17.0 Å². The normalized spacial score (nSPS) is 20.6. The van der Waals surface area contributed by atoms with Gasteiger partial charge in [-0.2, -0.15) is 0 Å². The van der Waals surface area contributed by atoms with Crippen LogP contribution in [0.25, 0.3) is 6.08 Å². The summed E-state index contributed by atoms with van der Waals surface area (Å²) >= 11 is 9.94. The van der Waals surface area contributed by atoms with Crippen LogP contribution in [0.4, 0.5) is 0 Å². The van der Waals surface area contributed by atoms with Gasteiger partial charge in [-0.3, -0.25) is 9.69 Å². The molecule has 1 saturated carbocycles. The summed E-state index contributed by atoms with van der Waals surface area (Å²) in [6.07, 6.45) is 7.49. The van der Waals surface area contributed by atoms with E-state index >= 15 is 0 Å². The van der Waals surface area contributed by atoms with Crippen LogP contribution in [0.1, 0.15) is 37.7 Å². The molecule has 1 aromatic rings. The number of nitrogens with zero attached hydrogens (tertiary/aromatic N) is 1. The molecule has 1 N–H and O–H groups in total. The van der Waals surface area contributed by atoms with E-state index in [9.17, 15) is 4.79 Å². The molecule has 0 atom stereocenters. The number of carbonyl (C=O) groups is 1. The van der Waals surface area contributed by atoms with Crippen molar-refractivity contribution in [3.63, 3.8) is 0 Å². The second-order valence-corrected chi connectivity index (χ2v) is 8.76. The number of amides is 1. The Morgan fingerprint density at radius 1 is 1.29 bits per heavy atom. The monoisotopic (exact) mass is 568 g/mol. The minimum Gasteiger partial charge on any atom is -0.495 e. The summed E-state index contributed by atoms with van der Waals surface area (Å²) in [6, 6.07) is 4.29. The van der Waals surface area contributed by atoms with Crippen LogP contribution in [-0.2, 0) is 4.79 Å². The highest BCUT2D eigenvalue weighted by atomic mass is 127. The lowest BCUT2D eigenvalue weighted by molar-refractivity contribution is -0.124. The molecule has 2 aliphatic rings. The van der Waals surface area contributed by atoms with E-state index in [2.05, 4.69) is 50.5 Å². The van der Waals surface area contributed by atoms with Crippen LogP contribution in [0.5, 0.6) is 5.75 Å². The van der Waals surface area contributed by atoms with Gasteiger partial charge in [-0.25, -0.2) is 0 Å². The number of benzene rings is 1. The first-order valence-electron chi connectivity index (χ1n) is 7.90.